The van der Waals surface area contributed by atoms with E-state index >= 15 is 0 Å². The molecule has 19 heavy (non-hydrogen) atoms. The number of phenols is 1. The zero-order valence-electron chi connectivity index (χ0n) is 10.5. The Morgan fingerprint density at radius 2 is 2.00 bits per heavy atom. The summed E-state index contributed by atoms with van der Waals surface area (Å²) in [5.41, 5.74) is 0.294. The number of carbonyl (C=O) groups is 1. The molecular weight excluding hydrogens is 244 g/mol. The van der Waals surface area contributed by atoms with Gasteiger partial charge in [-0.05, 0) is 18.2 Å². The minimum absolute atomic E-state index is 0.0837. The number of aromatic amines is 1. The third-order valence-electron chi connectivity index (χ3n) is 2.79. The van der Waals surface area contributed by atoms with Gasteiger partial charge in [0.2, 0.25) is 0 Å². The van der Waals surface area contributed by atoms with Gasteiger partial charge in [-0.3, -0.25) is 9.59 Å². The number of para-hydroxylation sites is 1. The number of hydrogen-bond donors (Lipinski definition) is 2. The number of phenolic OH excluding ortho intramolecular Hbond substituents is 1. The van der Waals surface area contributed by atoms with E-state index in [2.05, 4.69) is 4.98 Å². The molecule has 0 atom stereocenters. The number of hydrogen-bond acceptors (Lipinski definition) is 3. The molecule has 2 aromatic rings. The van der Waals surface area contributed by atoms with Crippen molar-refractivity contribution >= 4 is 5.91 Å². The molecule has 2 N–H and O–H groups in total. The van der Waals surface area contributed by atoms with Crippen LogP contribution in [0.5, 0.6) is 5.75 Å². The molecule has 1 aromatic carbocycles. The molecular formula is C14H14N2O3. The molecule has 0 aliphatic carbocycles. The summed E-state index contributed by atoms with van der Waals surface area (Å²) in [5, 5.41) is 9.66. The van der Waals surface area contributed by atoms with E-state index in [1.165, 1.54) is 17.2 Å². The number of aromatic nitrogens is 1. The molecule has 0 spiro atoms. The Hall–Kier alpha value is -2.56. The number of rotatable bonds is 3. The van der Waals surface area contributed by atoms with E-state index in [4.69, 9.17) is 0 Å². The average molecular weight is 258 g/mol. The van der Waals surface area contributed by atoms with Crippen molar-refractivity contribution in [3.05, 3.63) is 64.1 Å². The number of nitrogens with zero attached hydrogens (tertiary/aromatic N) is 1. The maximum atomic E-state index is 12.1. The highest BCUT2D eigenvalue weighted by Gasteiger charge is 2.15. The third-order valence-corrected chi connectivity index (χ3v) is 2.79. The van der Waals surface area contributed by atoms with E-state index in [1.807, 2.05) is 0 Å². The number of pyridine rings is 1. The van der Waals surface area contributed by atoms with Crippen molar-refractivity contribution in [1.82, 2.24) is 9.88 Å². The molecule has 0 aliphatic rings. The van der Waals surface area contributed by atoms with Gasteiger partial charge < -0.3 is 15.0 Å². The van der Waals surface area contributed by atoms with Crippen LogP contribution in [0.25, 0.3) is 0 Å². The summed E-state index contributed by atoms with van der Waals surface area (Å²) < 4.78 is 0. The van der Waals surface area contributed by atoms with Crippen LogP contribution in [-0.4, -0.2) is 27.9 Å². The Morgan fingerprint density at radius 3 is 2.68 bits per heavy atom. The average Bonchev–Trinajstić information content (AvgIpc) is 2.41. The van der Waals surface area contributed by atoms with Crippen LogP contribution in [0.4, 0.5) is 0 Å². The molecule has 5 heteroatoms. The Kier molecular flexibility index (Phi) is 3.66. The van der Waals surface area contributed by atoms with Crippen LogP contribution in [0.2, 0.25) is 0 Å². The van der Waals surface area contributed by atoms with Crippen LogP contribution in [0.1, 0.15) is 15.9 Å². The van der Waals surface area contributed by atoms with E-state index in [9.17, 15) is 14.7 Å². The highest BCUT2D eigenvalue weighted by molar-refractivity contribution is 5.93. The largest absolute Gasteiger partial charge is 0.508 e. The molecule has 2 rings (SSSR count). The number of H-pyrrole nitrogens is 1. The lowest BCUT2D eigenvalue weighted by Gasteiger charge is -2.17. The fourth-order valence-electron chi connectivity index (χ4n) is 1.77. The molecule has 1 amide bonds. The number of amides is 1. The van der Waals surface area contributed by atoms with E-state index in [0.29, 0.717) is 5.56 Å². The van der Waals surface area contributed by atoms with Crippen molar-refractivity contribution in [3.8, 4) is 5.75 Å². The predicted octanol–water partition coefficient (Wildman–Crippen LogP) is 1.35. The highest BCUT2D eigenvalue weighted by atomic mass is 16.3. The normalized spacial score (nSPS) is 10.2. The van der Waals surface area contributed by atoms with Crippen molar-refractivity contribution in [2.45, 2.75) is 6.54 Å². The lowest BCUT2D eigenvalue weighted by Crippen LogP contribution is -2.31. The van der Waals surface area contributed by atoms with Crippen LogP contribution in [0.3, 0.4) is 0 Å². The van der Waals surface area contributed by atoms with Crippen molar-refractivity contribution in [3.63, 3.8) is 0 Å². The Balaban J connectivity index is 2.19. The van der Waals surface area contributed by atoms with Crippen LogP contribution in [-0.2, 0) is 6.54 Å². The van der Waals surface area contributed by atoms with Crippen molar-refractivity contribution in [2.75, 3.05) is 7.05 Å². The number of benzene rings is 1. The SMILES string of the molecule is CN(Cc1ccccc1O)C(=O)c1ccc[nH]c1=O. The van der Waals surface area contributed by atoms with Crippen LogP contribution < -0.4 is 5.56 Å². The summed E-state index contributed by atoms with van der Waals surface area (Å²) in [6, 6.07) is 9.85. The van der Waals surface area contributed by atoms with Gasteiger partial charge in [0.1, 0.15) is 11.3 Å². The van der Waals surface area contributed by atoms with Gasteiger partial charge in [0, 0.05) is 25.4 Å². The maximum absolute atomic E-state index is 12.1. The fourth-order valence-corrected chi connectivity index (χ4v) is 1.77. The lowest BCUT2D eigenvalue weighted by atomic mass is 10.1. The molecule has 98 valence electrons. The number of carbonyl (C=O) groups excluding carboxylic acids is 1. The molecule has 0 fully saturated rings. The first-order valence-electron chi connectivity index (χ1n) is 5.79. The smallest absolute Gasteiger partial charge is 0.260 e. The molecule has 1 aromatic heterocycles. The monoisotopic (exact) mass is 258 g/mol. The summed E-state index contributed by atoms with van der Waals surface area (Å²) in [6.07, 6.45) is 1.47. The first-order chi connectivity index (χ1) is 9.09. The Morgan fingerprint density at radius 1 is 1.26 bits per heavy atom. The van der Waals surface area contributed by atoms with Crippen molar-refractivity contribution < 1.29 is 9.90 Å². The fraction of sp³-hybridized carbons (Fsp3) is 0.143. The second-order valence-electron chi connectivity index (χ2n) is 4.20. The molecule has 0 aliphatic heterocycles. The lowest BCUT2D eigenvalue weighted by molar-refractivity contribution is 0.0782. The topological polar surface area (TPSA) is 73.4 Å². The maximum Gasteiger partial charge on any atom is 0.260 e. The van der Waals surface area contributed by atoms with Crippen LogP contribution in [0, 0.1) is 0 Å². The molecule has 0 saturated carbocycles. The Labute approximate surface area is 110 Å². The first kappa shape index (κ1) is 12.9. The van der Waals surface area contributed by atoms with Gasteiger partial charge in [-0.2, -0.15) is 0 Å². The second kappa shape index (κ2) is 5.39. The molecule has 1 heterocycles. The quantitative estimate of drug-likeness (QED) is 0.872. The highest BCUT2D eigenvalue weighted by Crippen LogP contribution is 2.17. The molecule has 0 radical (unpaired) electrons. The van der Waals surface area contributed by atoms with E-state index in [-0.39, 0.29) is 23.8 Å². The van der Waals surface area contributed by atoms with Crippen molar-refractivity contribution in [1.29, 1.82) is 0 Å². The number of aromatic hydroxyl groups is 1. The van der Waals surface area contributed by atoms with Gasteiger partial charge in [-0.15, -0.1) is 0 Å². The van der Waals surface area contributed by atoms with E-state index < -0.39 is 5.56 Å². The Bertz CT molecular complexity index is 649. The summed E-state index contributed by atoms with van der Waals surface area (Å²) >= 11 is 0. The zero-order valence-corrected chi connectivity index (χ0v) is 10.5. The minimum atomic E-state index is -0.420. The minimum Gasteiger partial charge on any atom is -0.508 e. The summed E-state index contributed by atoms with van der Waals surface area (Å²) in [7, 11) is 1.58. The third kappa shape index (κ3) is 2.82. The summed E-state index contributed by atoms with van der Waals surface area (Å²) in [5.74, 6) is -0.255. The van der Waals surface area contributed by atoms with Crippen LogP contribution >= 0.6 is 0 Å². The standard InChI is InChI=1S/C14H14N2O3/c1-16(9-10-5-2-3-7-12(10)17)14(19)11-6-4-8-15-13(11)18/h2-8,17H,9H2,1H3,(H,15,18). The zero-order chi connectivity index (χ0) is 13.8. The van der Waals surface area contributed by atoms with Gasteiger partial charge in [0.05, 0.1) is 0 Å². The van der Waals surface area contributed by atoms with Gasteiger partial charge in [-0.1, -0.05) is 18.2 Å². The summed E-state index contributed by atoms with van der Waals surface area (Å²) in [4.78, 5) is 27.5. The second-order valence-corrected chi connectivity index (χ2v) is 4.20. The van der Waals surface area contributed by atoms with E-state index in [1.54, 1.807) is 37.4 Å². The van der Waals surface area contributed by atoms with E-state index in [0.717, 1.165) is 0 Å². The van der Waals surface area contributed by atoms with Crippen LogP contribution in [0.15, 0.2) is 47.4 Å². The predicted molar refractivity (Wildman–Crippen MR) is 71.0 cm³/mol. The van der Waals surface area contributed by atoms with Gasteiger partial charge in [-0.25, -0.2) is 0 Å². The number of nitrogens with one attached hydrogen (secondary N) is 1. The summed E-state index contributed by atoms with van der Waals surface area (Å²) in [6.45, 7) is 0.236. The first-order valence-corrected chi connectivity index (χ1v) is 5.79. The van der Waals surface area contributed by atoms with Crippen molar-refractivity contribution in [2.24, 2.45) is 0 Å². The van der Waals surface area contributed by atoms with Gasteiger partial charge >= 0.3 is 0 Å². The molecule has 0 bridgehead atoms. The van der Waals surface area contributed by atoms with Gasteiger partial charge in [0.15, 0.2) is 0 Å². The molecule has 0 saturated heterocycles. The van der Waals surface area contributed by atoms with Gasteiger partial charge in [0.25, 0.3) is 11.5 Å². The molecule has 5 nitrogen and oxygen atoms in total. The molecule has 0 unspecified atom stereocenters.